The highest BCUT2D eigenvalue weighted by Gasteiger charge is 2.25. The lowest BCUT2D eigenvalue weighted by Gasteiger charge is -2.31. The minimum atomic E-state index is -0.261. The number of rotatable bonds is 6. The van der Waals surface area contributed by atoms with Crippen LogP contribution in [0.3, 0.4) is 0 Å². The van der Waals surface area contributed by atoms with E-state index in [2.05, 4.69) is 45.0 Å². The molecule has 3 nitrogen and oxygen atoms in total. The van der Waals surface area contributed by atoms with E-state index in [1.807, 2.05) is 37.4 Å². The maximum atomic E-state index is 12.5. The SMILES string of the molecule is Cc1ccc(C(C)(C)CN(C)C(=O)CC(N)c2ccccc2)cc1. The van der Waals surface area contributed by atoms with E-state index in [4.69, 9.17) is 5.73 Å². The Balaban J connectivity index is 1.99. The Morgan fingerprint density at radius 3 is 2.25 bits per heavy atom. The van der Waals surface area contributed by atoms with Crippen molar-refractivity contribution in [2.24, 2.45) is 5.73 Å². The van der Waals surface area contributed by atoms with Crippen LogP contribution < -0.4 is 5.73 Å². The lowest BCUT2D eigenvalue weighted by Crippen LogP contribution is -2.39. The van der Waals surface area contributed by atoms with Gasteiger partial charge in [-0.3, -0.25) is 4.79 Å². The number of hydrogen-bond donors (Lipinski definition) is 1. The Morgan fingerprint density at radius 2 is 1.67 bits per heavy atom. The van der Waals surface area contributed by atoms with Gasteiger partial charge in [0.25, 0.3) is 0 Å². The Kier molecular flexibility index (Phi) is 5.79. The second kappa shape index (κ2) is 7.63. The van der Waals surface area contributed by atoms with Gasteiger partial charge in [-0.05, 0) is 18.1 Å². The monoisotopic (exact) mass is 324 g/mol. The molecule has 2 aromatic rings. The number of hydrogen-bond acceptors (Lipinski definition) is 2. The summed E-state index contributed by atoms with van der Waals surface area (Å²) >= 11 is 0. The highest BCUT2D eigenvalue weighted by Crippen LogP contribution is 2.25. The number of carbonyl (C=O) groups excluding carboxylic acids is 1. The zero-order valence-electron chi connectivity index (χ0n) is 15.1. The van der Waals surface area contributed by atoms with Crippen molar-refractivity contribution in [2.45, 2.75) is 38.6 Å². The van der Waals surface area contributed by atoms with Crippen LogP contribution in [0.4, 0.5) is 0 Å². The maximum absolute atomic E-state index is 12.5. The van der Waals surface area contributed by atoms with Crippen molar-refractivity contribution >= 4 is 5.91 Å². The summed E-state index contributed by atoms with van der Waals surface area (Å²) < 4.78 is 0. The van der Waals surface area contributed by atoms with Crippen molar-refractivity contribution in [3.8, 4) is 0 Å². The van der Waals surface area contributed by atoms with E-state index in [0.717, 1.165) is 5.56 Å². The smallest absolute Gasteiger partial charge is 0.224 e. The van der Waals surface area contributed by atoms with Crippen LogP contribution in [0, 0.1) is 6.92 Å². The first-order valence-electron chi connectivity index (χ1n) is 8.41. The minimum absolute atomic E-state index is 0.0755. The molecule has 0 aliphatic heterocycles. The summed E-state index contributed by atoms with van der Waals surface area (Å²) in [5.74, 6) is 0.0755. The third kappa shape index (κ3) is 4.68. The molecule has 1 unspecified atom stereocenters. The molecule has 128 valence electrons. The van der Waals surface area contributed by atoms with Gasteiger partial charge >= 0.3 is 0 Å². The predicted octanol–water partition coefficient (Wildman–Crippen LogP) is 3.82. The lowest BCUT2D eigenvalue weighted by atomic mass is 9.83. The van der Waals surface area contributed by atoms with Crippen LogP contribution in [-0.4, -0.2) is 24.4 Å². The summed E-state index contributed by atoms with van der Waals surface area (Å²) in [4.78, 5) is 14.3. The van der Waals surface area contributed by atoms with Crippen molar-refractivity contribution in [3.05, 3.63) is 71.3 Å². The molecule has 2 aromatic carbocycles. The van der Waals surface area contributed by atoms with Crippen molar-refractivity contribution in [2.75, 3.05) is 13.6 Å². The summed E-state index contributed by atoms with van der Waals surface area (Å²) in [6, 6.07) is 18.0. The molecule has 3 heteroatoms. The highest BCUT2D eigenvalue weighted by molar-refractivity contribution is 5.77. The van der Waals surface area contributed by atoms with Gasteiger partial charge in [0.1, 0.15) is 0 Å². The molecule has 0 heterocycles. The Hall–Kier alpha value is -2.13. The number of benzene rings is 2. The number of carbonyl (C=O) groups is 1. The first-order chi connectivity index (χ1) is 11.3. The quantitative estimate of drug-likeness (QED) is 0.878. The fourth-order valence-electron chi connectivity index (χ4n) is 2.94. The number of nitrogens with zero attached hydrogens (tertiary/aromatic N) is 1. The standard InChI is InChI=1S/C21H28N2O/c1-16-10-12-18(13-11-16)21(2,3)15-23(4)20(24)14-19(22)17-8-6-5-7-9-17/h5-13,19H,14-15,22H2,1-4H3. The van der Waals surface area contributed by atoms with E-state index in [-0.39, 0.29) is 17.4 Å². The number of nitrogens with two attached hydrogens (primary N) is 1. The molecule has 0 aromatic heterocycles. The summed E-state index contributed by atoms with van der Waals surface area (Å²) in [7, 11) is 1.86. The highest BCUT2D eigenvalue weighted by atomic mass is 16.2. The van der Waals surface area contributed by atoms with Gasteiger partial charge in [0.2, 0.25) is 5.91 Å². The molecule has 0 aliphatic rings. The number of likely N-dealkylation sites (N-methyl/N-ethyl adjacent to an activating group) is 1. The molecule has 0 aliphatic carbocycles. The van der Waals surface area contributed by atoms with E-state index < -0.39 is 0 Å². The maximum Gasteiger partial charge on any atom is 0.224 e. The average Bonchev–Trinajstić information content (AvgIpc) is 2.55. The lowest BCUT2D eigenvalue weighted by molar-refractivity contribution is -0.131. The van der Waals surface area contributed by atoms with E-state index in [9.17, 15) is 4.79 Å². The Morgan fingerprint density at radius 1 is 1.08 bits per heavy atom. The van der Waals surface area contributed by atoms with E-state index >= 15 is 0 Å². The number of amides is 1. The van der Waals surface area contributed by atoms with Crippen molar-refractivity contribution in [1.82, 2.24) is 4.90 Å². The number of aryl methyl sites for hydroxylation is 1. The van der Waals surface area contributed by atoms with Crippen LogP contribution in [0.1, 0.15) is 43.0 Å². The third-order valence-corrected chi connectivity index (χ3v) is 4.51. The first kappa shape index (κ1) is 18.2. The first-order valence-corrected chi connectivity index (χ1v) is 8.41. The minimum Gasteiger partial charge on any atom is -0.345 e. The van der Waals surface area contributed by atoms with Crippen LogP contribution in [0.5, 0.6) is 0 Å². The zero-order chi connectivity index (χ0) is 17.7. The second-order valence-electron chi connectivity index (χ2n) is 7.22. The topological polar surface area (TPSA) is 46.3 Å². The van der Waals surface area contributed by atoms with Gasteiger partial charge in [-0.1, -0.05) is 74.0 Å². The van der Waals surface area contributed by atoms with Crippen molar-refractivity contribution in [3.63, 3.8) is 0 Å². The molecule has 0 saturated carbocycles. The van der Waals surface area contributed by atoms with E-state index in [0.29, 0.717) is 13.0 Å². The van der Waals surface area contributed by atoms with E-state index in [1.165, 1.54) is 11.1 Å². The van der Waals surface area contributed by atoms with Crippen LogP contribution in [0.2, 0.25) is 0 Å². The third-order valence-electron chi connectivity index (χ3n) is 4.51. The van der Waals surface area contributed by atoms with Gasteiger partial charge in [0.05, 0.1) is 0 Å². The predicted molar refractivity (Wildman–Crippen MR) is 99.8 cm³/mol. The molecule has 24 heavy (non-hydrogen) atoms. The van der Waals surface area contributed by atoms with Gasteiger partial charge in [-0.15, -0.1) is 0 Å². The molecule has 2 N–H and O–H groups in total. The largest absolute Gasteiger partial charge is 0.345 e. The summed E-state index contributed by atoms with van der Waals surface area (Å²) in [6.07, 6.45) is 0.324. The van der Waals surface area contributed by atoms with Gasteiger partial charge in [-0.25, -0.2) is 0 Å². The Bertz CT molecular complexity index is 662. The molecule has 1 atom stereocenters. The summed E-state index contributed by atoms with van der Waals surface area (Å²) in [5.41, 5.74) is 9.55. The van der Waals surface area contributed by atoms with E-state index in [1.54, 1.807) is 4.90 Å². The van der Waals surface area contributed by atoms with Crippen molar-refractivity contribution < 1.29 is 4.79 Å². The molecule has 0 spiro atoms. The van der Waals surface area contributed by atoms with Gasteiger partial charge in [0.15, 0.2) is 0 Å². The fourth-order valence-corrected chi connectivity index (χ4v) is 2.94. The van der Waals surface area contributed by atoms with Gasteiger partial charge in [-0.2, -0.15) is 0 Å². The molecule has 0 fully saturated rings. The average molecular weight is 324 g/mol. The fraction of sp³-hybridized carbons (Fsp3) is 0.381. The zero-order valence-corrected chi connectivity index (χ0v) is 15.1. The molecule has 0 bridgehead atoms. The van der Waals surface area contributed by atoms with Crippen molar-refractivity contribution in [1.29, 1.82) is 0 Å². The van der Waals surface area contributed by atoms with Gasteiger partial charge < -0.3 is 10.6 Å². The molecule has 0 saturated heterocycles. The second-order valence-corrected chi connectivity index (χ2v) is 7.22. The molecular formula is C21H28N2O. The van der Waals surface area contributed by atoms with Gasteiger partial charge in [0, 0.05) is 31.5 Å². The Labute approximate surface area is 145 Å². The van der Waals surface area contributed by atoms with Crippen LogP contribution in [0.15, 0.2) is 54.6 Å². The van der Waals surface area contributed by atoms with Crippen LogP contribution >= 0.6 is 0 Å². The summed E-state index contributed by atoms with van der Waals surface area (Å²) in [6.45, 7) is 7.07. The van der Waals surface area contributed by atoms with Crippen LogP contribution in [0.25, 0.3) is 0 Å². The molecule has 2 rings (SSSR count). The molecule has 0 radical (unpaired) electrons. The summed E-state index contributed by atoms with van der Waals surface area (Å²) in [5, 5.41) is 0. The van der Waals surface area contributed by atoms with Crippen LogP contribution in [-0.2, 0) is 10.2 Å². The molecular weight excluding hydrogens is 296 g/mol. The normalized spacial score (nSPS) is 12.7. The molecule has 1 amide bonds.